The van der Waals surface area contributed by atoms with Crippen LogP contribution in [0.5, 0.6) is 0 Å². The lowest BCUT2D eigenvalue weighted by molar-refractivity contribution is -0.383. The van der Waals surface area contributed by atoms with Crippen LogP contribution < -0.4 is 10.6 Å². The Balaban J connectivity index is 2.12. The van der Waals surface area contributed by atoms with Crippen molar-refractivity contribution in [2.24, 2.45) is 5.73 Å². The average Bonchev–Trinajstić information content (AvgIpc) is 2.53. The summed E-state index contributed by atoms with van der Waals surface area (Å²) in [6, 6.07) is 6.71. The van der Waals surface area contributed by atoms with Gasteiger partial charge in [-0.05, 0) is 13.0 Å². The fourth-order valence-corrected chi connectivity index (χ4v) is 2.79. The highest BCUT2D eigenvalue weighted by Gasteiger charge is 2.27. The van der Waals surface area contributed by atoms with Crippen LogP contribution in [0.1, 0.15) is 5.69 Å². The molecule has 0 aliphatic carbocycles. The first-order chi connectivity index (χ1) is 11.0. The summed E-state index contributed by atoms with van der Waals surface area (Å²) in [5, 5.41) is 11.9. The minimum absolute atomic E-state index is 0.0350. The summed E-state index contributed by atoms with van der Waals surface area (Å²) in [7, 11) is 0. The zero-order valence-corrected chi connectivity index (χ0v) is 12.6. The minimum Gasteiger partial charge on any atom is -0.367 e. The van der Waals surface area contributed by atoms with Gasteiger partial charge in [0.1, 0.15) is 0 Å². The van der Waals surface area contributed by atoms with Gasteiger partial charge in [-0.25, -0.2) is 4.98 Å². The predicted octanol–water partition coefficient (Wildman–Crippen LogP) is 1.14. The van der Waals surface area contributed by atoms with Crippen LogP contribution in [0, 0.1) is 17.0 Å². The summed E-state index contributed by atoms with van der Waals surface area (Å²) in [5.41, 5.74) is 7.10. The molecule has 1 aromatic carbocycles. The molecule has 1 saturated heterocycles. The first-order valence-corrected chi connectivity index (χ1v) is 7.18. The van der Waals surface area contributed by atoms with Gasteiger partial charge in [0.05, 0.1) is 18.1 Å². The zero-order valence-electron chi connectivity index (χ0n) is 12.6. The van der Waals surface area contributed by atoms with Gasteiger partial charge in [-0.3, -0.25) is 14.9 Å². The summed E-state index contributed by atoms with van der Waals surface area (Å²) in [5.74, 6) is -0.518. The number of morpholine rings is 1. The van der Waals surface area contributed by atoms with E-state index in [0.29, 0.717) is 36.3 Å². The van der Waals surface area contributed by atoms with Gasteiger partial charge in [-0.1, -0.05) is 12.1 Å². The maximum Gasteiger partial charge on any atom is 0.295 e. The molecule has 23 heavy (non-hydrogen) atoms. The number of aryl methyl sites for hydroxylation is 1. The normalized spacial score (nSPS) is 18.1. The summed E-state index contributed by atoms with van der Waals surface area (Å²) in [6.45, 7) is 3.04. The number of non-ortho nitro benzene ring substituents is 1. The van der Waals surface area contributed by atoms with E-state index in [0.717, 1.165) is 5.69 Å². The number of nitro groups is 1. The monoisotopic (exact) mass is 316 g/mol. The number of hydrogen-bond donors (Lipinski definition) is 1. The first kappa shape index (κ1) is 15.2. The number of fused-ring (bicyclic) bond motifs is 1. The number of nitrogens with two attached hydrogens (primary N) is 1. The molecule has 2 aromatic rings. The third-order valence-corrected chi connectivity index (χ3v) is 3.85. The van der Waals surface area contributed by atoms with E-state index in [4.69, 9.17) is 10.5 Å². The summed E-state index contributed by atoms with van der Waals surface area (Å²) >= 11 is 0. The van der Waals surface area contributed by atoms with Gasteiger partial charge in [0.2, 0.25) is 5.91 Å². The van der Waals surface area contributed by atoms with Gasteiger partial charge >= 0.3 is 0 Å². The quantitative estimate of drug-likeness (QED) is 0.671. The fraction of sp³-hybridized carbons (Fsp3) is 0.333. The van der Waals surface area contributed by atoms with Crippen molar-refractivity contribution in [2.45, 2.75) is 13.0 Å². The van der Waals surface area contributed by atoms with Crippen molar-refractivity contribution in [1.82, 2.24) is 4.98 Å². The van der Waals surface area contributed by atoms with Gasteiger partial charge in [-0.2, -0.15) is 0 Å². The maximum absolute atomic E-state index is 11.4. The first-order valence-electron chi connectivity index (χ1n) is 7.18. The molecule has 3 rings (SSSR count). The van der Waals surface area contributed by atoms with Crippen molar-refractivity contribution >= 4 is 28.2 Å². The number of nitro benzene ring substituents is 1. The molecule has 0 spiro atoms. The number of nitrogens with zero attached hydrogens (tertiary/aromatic N) is 3. The number of carbonyl (C=O) groups is 1. The highest BCUT2D eigenvalue weighted by atomic mass is 16.6. The highest BCUT2D eigenvalue weighted by molar-refractivity contribution is 5.97. The Morgan fingerprint density at radius 2 is 2.30 bits per heavy atom. The van der Waals surface area contributed by atoms with Crippen LogP contribution in [0.3, 0.4) is 0 Å². The fourth-order valence-electron chi connectivity index (χ4n) is 2.79. The van der Waals surface area contributed by atoms with E-state index in [1.54, 1.807) is 19.1 Å². The lowest BCUT2D eigenvalue weighted by Crippen LogP contribution is -2.48. The number of ether oxygens (including phenoxy) is 1. The van der Waals surface area contributed by atoms with Crippen molar-refractivity contribution in [1.29, 1.82) is 0 Å². The van der Waals surface area contributed by atoms with E-state index in [2.05, 4.69) is 4.98 Å². The minimum atomic E-state index is -0.689. The van der Waals surface area contributed by atoms with E-state index in [1.165, 1.54) is 6.07 Å². The molecule has 8 heteroatoms. The van der Waals surface area contributed by atoms with Crippen LogP contribution in [0.4, 0.5) is 11.4 Å². The molecule has 1 aliphatic heterocycles. The number of amides is 1. The maximum atomic E-state index is 11.4. The summed E-state index contributed by atoms with van der Waals surface area (Å²) < 4.78 is 5.36. The molecule has 1 atom stereocenters. The second-order valence-electron chi connectivity index (χ2n) is 5.42. The number of para-hydroxylation sites is 1. The molecule has 2 N–H and O–H groups in total. The third-order valence-electron chi connectivity index (χ3n) is 3.85. The van der Waals surface area contributed by atoms with E-state index in [1.807, 2.05) is 11.0 Å². The Morgan fingerprint density at radius 3 is 3.00 bits per heavy atom. The molecular formula is C15H16N4O4. The smallest absolute Gasteiger partial charge is 0.295 e. The number of carbonyl (C=O) groups excluding carboxylic acids is 1. The predicted molar refractivity (Wildman–Crippen MR) is 84.3 cm³/mol. The number of aromatic nitrogens is 1. The van der Waals surface area contributed by atoms with Gasteiger partial charge in [0.15, 0.2) is 11.6 Å². The molecule has 1 unspecified atom stereocenters. The summed E-state index contributed by atoms with van der Waals surface area (Å²) in [6.07, 6.45) is -0.689. The van der Waals surface area contributed by atoms with Gasteiger partial charge in [0.25, 0.3) is 5.69 Å². The Bertz CT molecular complexity index is 792. The Kier molecular flexibility index (Phi) is 3.83. The van der Waals surface area contributed by atoms with E-state index < -0.39 is 16.9 Å². The van der Waals surface area contributed by atoms with Gasteiger partial charge in [-0.15, -0.1) is 0 Å². The second kappa shape index (κ2) is 5.81. The number of primary amides is 1. The van der Waals surface area contributed by atoms with Crippen LogP contribution >= 0.6 is 0 Å². The van der Waals surface area contributed by atoms with Crippen molar-refractivity contribution in [3.8, 4) is 0 Å². The molecule has 8 nitrogen and oxygen atoms in total. The van der Waals surface area contributed by atoms with Gasteiger partial charge in [0, 0.05) is 29.4 Å². The van der Waals surface area contributed by atoms with Crippen molar-refractivity contribution in [3.05, 3.63) is 40.1 Å². The van der Waals surface area contributed by atoms with Gasteiger partial charge < -0.3 is 15.4 Å². The largest absolute Gasteiger partial charge is 0.367 e. The number of pyridine rings is 1. The SMILES string of the molecule is Cc1cc(N2CCOC(C(N)=O)C2)c2cccc([N+](=O)[O-])c2n1. The average molecular weight is 316 g/mol. The molecule has 0 radical (unpaired) electrons. The number of hydrogen-bond acceptors (Lipinski definition) is 6. The molecule has 0 saturated carbocycles. The molecule has 0 bridgehead atoms. The Hall–Kier alpha value is -2.74. The molecular weight excluding hydrogens is 300 g/mol. The van der Waals surface area contributed by atoms with Crippen LogP contribution in [0.2, 0.25) is 0 Å². The standard InChI is InChI=1S/C15H16N4O4/c1-9-7-12(18-5-6-23-13(8-18)15(16)20)10-3-2-4-11(19(21)22)14(10)17-9/h2-4,7,13H,5-6,8H2,1H3,(H2,16,20). The van der Waals surface area contributed by atoms with E-state index >= 15 is 0 Å². The topological polar surface area (TPSA) is 112 Å². The summed E-state index contributed by atoms with van der Waals surface area (Å²) in [4.78, 5) is 28.4. The Morgan fingerprint density at radius 1 is 1.52 bits per heavy atom. The van der Waals surface area contributed by atoms with Crippen LogP contribution in [-0.4, -0.2) is 41.6 Å². The molecule has 2 heterocycles. The number of anilines is 1. The molecule has 1 amide bonds. The Labute approximate surface area is 132 Å². The second-order valence-corrected chi connectivity index (χ2v) is 5.42. The molecule has 120 valence electrons. The number of rotatable bonds is 3. The van der Waals surface area contributed by atoms with Crippen molar-refractivity contribution in [3.63, 3.8) is 0 Å². The number of benzene rings is 1. The lowest BCUT2D eigenvalue weighted by Gasteiger charge is -2.33. The van der Waals surface area contributed by atoms with Crippen LogP contribution in [-0.2, 0) is 9.53 Å². The van der Waals surface area contributed by atoms with Crippen molar-refractivity contribution < 1.29 is 14.5 Å². The molecule has 1 fully saturated rings. The van der Waals surface area contributed by atoms with Crippen LogP contribution in [0.15, 0.2) is 24.3 Å². The van der Waals surface area contributed by atoms with E-state index in [-0.39, 0.29) is 5.69 Å². The molecule has 1 aliphatic rings. The van der Waals surface area contributed by atoms with Crippen molar-refractivity contribution in [2.75, 3.05) is 24.6 Å². The lowest BCUT2D eigenvalue weighted by atomic mass is 10.1. The third kappa shape index (κ3) is 2.80. The molecule has 1 aromatic heterocycles. The zero-order chi connectivity index (χ0) is 16.6. The van der Waals surface area contributed by atoms with Crippen LogP contribution in [0.25, 0.3) is 10.9 Å². The highest BCUT2D eigenvalue weighted by Crippen LogP contribution is 2.32. The van der Waals surface area contributed by atoms with E-state index in [9.17, 15) is 14.9 Å².